The fourth-order valence-corrected chi connectivity index (χ4v) is 3.67. The lowest BCUT2D eigenvalue weighted by atomic mass is 10.0. The fraction of sp³-hybridized carbons (Fsp3) is 0.111. The lowest BCUT2D eigenvalue weighted by Crippen LogP contribution is -2.34. The van der Waals surface area contributed by atoms with Crippen LogP contribution < -0.4 is 0 Å². The standard InChI is InChI=1S/C18H14N2OS/c21-17-12-22-18-19-15(13-7-3-1-4-8-13)11-16(20(17)18)14-9-5-2-6-10-14/h1-11,16H,12H2. The highest BCUT2D eigenvalue weighted by atomic mass is 32.2. The Morgan fingerprint density at radius 3 is 2.41 bits per heavy atom. The fourth-order valence-electron chi connectivity index (χ4n) is 2.76. The van der Waals surface area contributed by atoms with E-state index in [4.69, 9.17) is 0 Å². The molecule has 1 unspecified atom stereocenters. The van der Waals surface area contributed by atoms with E-state index in [0.717, 1.165) is 22.0 Å². The predicted molar refractivity (Wildman–Crippen MR) is 90.3 cm³/mol. The second kappa shape index (κ2) is 5.46. The lowest BCUT2D eigenvalue weighted by molar-refractivity contribution is -0.125. The molecule has 4 rings (SSSR count). The molecule has 2 aliphatic heterocycles. The Morgan fingerprint density at radius 1 is 1.00 bits per heavy atom. The van der Waals surface area contributed by atoms with Gasteiger partial charge < -0.3 is 0 Å². The average molecular weight is 306 g/mol. The highest BCUT2D eigenvalue weighted by molar-refractivity contribution is 8.15. The van der Waals surface area contributed by atoms with Gasteiger partial charge in [0.1, 0.15) is 0 Å². The number of amidine groups is 1. The zero-order valence-electron chi connectivity index (χ0n) is 11.8. The van der Waals surface area contributed by atoms with Crippen molar-refractivity contribution >= 4 is 28.5 Å². The number of amides is 1. The number of hydrogen-bond donors (Lipinski definition) is 0. The van der Waals surface area contributed by atoms with Gasteiger partial charge >= 0.3 is 0 Å². The molecular formula is C18H14N2OS. The molecule has 1 saturated heterocycles. The summed E-state index contributed by atoms with van der Waals surface area (Å²) in [6.07, 6.45) is 2.08. The van der Waals surface area contributed by atoms with Gasteiger partial charge in [0.05, 0.1) is 17.5 Å². The maximum Gasteiger partial charge on any atom is 0.239 e. The van der Waals surface area contributed by atoms with Crippen LogP contribution in [0, 0.1) is 0 Å². The summed E-state index contributed by atoms with van der Waals surface area (Å²) in [6, 6.07) is 20.1. The van der Waals surface area contributed by atoms with Gasteiger partial charge in [-0.1, -0.05) is 72.4 Å². The number of carbonyl (C=O) groups excluding carboxylic acids is 1. The minimum atomic E-state index is -0.0774. The summed E-state index contributed by atoms with van der Waals surface area (Å²) in [4.78, 5) is 18.7. The molecule has 1 amide bonds. The minimum absolute atomic E-state index is 0.0774. The Labute approximate surface area is 133 Å². The van der Waals surface area contributed by atoms with Crippen LogP contribution in [0.3, 0.4) is 0 Å². The van der Waals surface area contributed by atoms with Crippen LogP contribution in [-0.2, 0) is 4.79 Å². The summed E-state index contributed by atoms with van der Waals surface area (Å²) in [7, 11) is 0. The Morgan fingerprint density at radius 2 is 1.68 bits per heavy atom. The molecule has 2 aromatic rings. The van der Waals surface area contributed by atoms with Crippen molar-refractivity contribution in [2.24, 2.45) is 4.99 Å². The Kier molecular flexibility index (Phi) is 3.31. The molecule has 3 nitrogen and oxygen atoms in total. The predicted octanol–water partition coefficient (Wildman–Crippen LogP) is 3.71. The van der Waals surface area contributed by atoms with Gasteiger partial charge in [0.15, 0.2) is 5.17 Å². The van der Waals surface area contributed by atoms with E-state index >= 15 is 0 Å². The summed E-state index contributed by atoms with van der Waals surface area (Å²) < 4.78 is 0. The van der Waals surface area contributed by atoms with Gasteiger partial charge in [-0.05, 0) is 17.2 Å². The first-order valence-electron chi connectivity index (χ1n) is 7.19. The van der Waals surface area contributed by atoms with Crippen LogP contribution in [0.15, 0.2) is 71.7 Å². The van der Waals surface area contributed by atoms with Gasteiger partial charge in [-0.15, -0.1) is 0 Å². The van der Waals surface area contributed by atoms with Gasteiger partial charge in [0, 0.05) is 0 Å². The van der Waals surface area contributed by atoms with E-state index in [9.17, 15) is 4.79 Å². The van der Waals surface area contributed by atoms with Gasteiger partial charge in [0.25, 0.3) is 0 Å². The van der Waals surface area contributed by atoms with Gasteiger partial charge in [-0.3, -0.25) is 9.69 Å². The molecule has 108 valence electrons. The van der Waals surface area contributed by atoms with Crippen molar-refractivity contribution in [3.63, 3.8) is 0 Å². The van der Waals surface area contributed by atoms with Crippen molar-refractivity contribution in [1.29, 1.82) is 0 Å². The van der Waals surface area contributed by atoms with E-state index in [1.165, 1.54) is 11.8 Å². The lowest BCUT2D eigenvalue weighted by Gasteiger charge is -2.29. The van der Waals surface area contributed by atoms with Crippen molar-refractivity contribution in [2.45, 2.75) is 6.04 Å². The number of fused-ring (bicyclic) bond motifs is 1. The van der Waals surface area contributed by atoms with E-state index in [-0.39, 0.29) is 11.9 Å². The second-order valence-electron chi connectivity index (χ2n) is 5.22. The number of hydrogen-bond acceptors (Lipinski definition) is 3. The third kappa shape index (κ3) is 2.25. The molecule has 0 N–H and O–H groups in total. The monoisotopic (exact) mass is 306 g/mol. The van der Waals surface area contributed by atoms with Crippen molar-refractivity contribution in [2.75, 3.05) is 5.75 Å². The van der Waals surface area contributed by atoms with E-state index in [0.29, 0.717) is 5.75 Å². The van der Waals surface area contributed by atoms with Crippen LogP contribution in [-0.4, -0.2) is 21.7 Å². The number of benzene rings is 2. The molecule has 2 heterocycles. The first kappa shape index (κ1) is 13.3. The Hall–Kier alpha value is -2.33. The largest absolute Gasteiger partial charge is 0.279 e. The molecule has 0 bridgehead atoms. The number of rotatable bonds is 2. The number of carbonyl (C=O) groups is 1. The maximum absolute atomic E-state index is 12.2. The third-order valence-corrected chi connectivity index (χ3v) is 4.76. The molecule has 0 spiro atoms. The number of thioether (sulfide) groups is 1. The summed E-state index contributed by atoms with van der Waals surface area (Å²) >= 11 is 1.52. The van der Waals surface area contributed by atoms with Crippen LogP contribution in [0.4, 0.5) is 0 Å². The minimum Gasteiger partial charge on any atom is -0.279 e. The molecule has 1 fully saturated rings. The molecule has 4 heteroatoms. The normalized spacial score (nSPS) is 20.5. The van der Waals surface area contributed by atoms with E-state index < -0.39 is 0 Å². The van der Waals surface area contributed by atoms with Gasteiger partial charge in [-0.25, -0.2) is 4.99 Å². The summed E-state index contributed by atoms with van der Waals surface area (Å²) in [6.45, 7) is 0. The second-order valence-corrected chi connectivity index (χ2v) is 6.16. The van der Waals surface area contributed by atoms with Crippen LogP contribution in [0.2, 0.25) is 0 Å². The highest BCUT2D eigenvalue weighted by Gasteiger charge is 2.37. The highest BCUT2D eigenvalue weighted by Crippen LogP contribution is 2.38. The van der Waals surface area contributed by atoms with Crippen LogP contribution in [0.5, 0.6) is 0 Å². The number of aliphatic imine (C=N–C) groups is 1. The molecule has 1 atom stereocenters. The SMILES string of the molecule is O=C1CSC2=NC(c3ccccc3)=CC(c3ccccc3)N12. The zero-order valence-corrected chi connectivity index (χ0v) is 12.7. The van der Waals surface area contributed by atoms with Crippen LogP contribution in [0.1, 0.15) is 17.2 Å². The summed E-state index contributed by atoms with van der Waals surface area (Å²) in [5.41, 5.74) is 3.12. The van der Waals surface area contributed by atoms with Gasteiger partial charge in [-0.2, -0.15) is 0 Å². The molecule has 0 aliphatic carbocycles. The van der Waals surface area contributed by atoms with Crippen molar-refractivity contribution < 1.29 is 4.79 Å². The van der Waals surface area contributed by atoms with Gasteiger partial charge in [0.2, 0.25) is 5.91 Å². The maximum atomic E-state index is 12.2. The molecule has 2 aromatic carbocycles. The summed E-state index contributed by atoms with van der Waals surface area (Å²) in [5, 5.41) is 0.806. The molecule has 0 aromatic heterocycles. The molecule has 0 radical (unpaired) electrons. The third-order valence-electron chi connectivity index (χ3n) is 3.82. The van der Waals surface area contributed by atoms with E-state index in [1.54, 1.807) is 0 Å². The smallest absolute Gasteiger partial charge is 0.239 e. The first-order chi connectivity index (χ1) is 10.8. The Bertz CT molecular complexity index is 768. The van der Waals surface area contributed by atoms with Crippen LogP contribution in [0.25, 0.3) is 5.70 Å². The molecule has 0 saturated carbocycles. The molecule has 2 aliphatic rings. The molecular weight excluding hydrogens is 292 g/mol. The van der Waals surface area contributed by atoms with E-state index in [2.05, 4.69) is 35.3 Å². The van der Waals surface area contributed by atoms with E-state index in [1.807, 2.05) is 41.3 Å². The zero-order chi connectivity index (χ0) is 14.9. The van der Waals surface area contributed by atoms with Crippen molar-refractivity contribution in [3.8, 4) is 0 Å². The van der Waals surface area contributed by atoms with Crippen molar-refractivity contribution in [1.82, 2.24) is 4.90 Å². The van der Waals surface area contributed by atoms with Crippen LogP contribution >= 0.6 is 11.8 Å². The quantitative estimate of drug-likeness (QED) is 0.847. The summed E-state index contributed by atoms with van der Waals surface area (Å²) in [5.74, 6) is 0.596. The van der Waals surface area contributed by atoms with Crippen molar-refractivity contribution in [3.05, 3.63) is 77.9 Å². The average Bonchev–Trinajstić information content (AvgIpc) is 2.97. The topological polar surface area (TPSA) is 32.7 Å². The Balaban J connectivity index is 1.82. The number of nitrogens with zero attached hydrogens (tertiary/aromatic N) is 2. The molecule has 22 heavy (non-hydrogen) atoms. The first-order valence-corrected chi connectivity index (χ1v) is 8.17.